The first-order valence-electron chi connectivity index (χ1n) is 4.95. The first-order chi connectivity index (χ1) is 7.68. The van der Waals surface area contributed by atoms with Crippen LogP contribution in [0.5, 0.6) is 0 Å². The van der Waals surface area contributed by atoms with Crippen LogP contribution in [0, 0.1) is 0 Å². The van der Waals surface area contributed by atoms with Crippen LogP contribution >= 0.6 is 0 Å². The first-order valence-corrected chi connectivity index (χ1v) is 6.77. The number of sulfone groups is 1. The molecule has 2 N–H and O–H groups in total. The molecule has 0 spiro atoms. The minimum atomic E-state index is -4.36. The summed E-state index contributed by atoms with van der Waals surface area (Å²) < 4.78 is 57.3. The smallest absolute Gasteiger partial charge is 0.351 e. The van der Waals surface area contributed by atoms with Gasteiger partial charge in [-0.25, -0.2) is 8.42 Å². The van der Waals surface area contributed by atoms with E-state index in [0.717, 1.165) is 0 Å². The standard InChI is InChI=1S/C8H13F3N2O3S/c9-8(10,11)5-12-3-7(14)13-6-1-2-17(15,16)4-6/h6,12H,1-5H2,(H,13,14). The molecule has 1 fully saturated rings. The van der Waals surface area contributed by atoms with E-state index in [1.165, 1.54) is 0 Å². The molecule has 0 aromatic rings. The molecule has 1 aliphatic rings. The van der Waals surface area contributed by atoms with E-state index in [1.54, 1.807) is 0 Å². The van der Waals surface area contributed by atoms with E-state index in [-0.39, 0.29) is 11.5 Å². The molecule has 100 valence electrons. The molecule has 0 bridgehead atoms. The third-order valence-corrected chi connectivity index (χ3v) is 3.98. The minimum absolute atomic E-state index is 0.00786. The number of carbonyl (C=O) groups excluding carboxylic acids is 1. The molecule has 9 heteroatoms. The van der Waals surface area contributed by atoms with Crippen molar-refractivity contribution in [2.45, 2.75) is 18.6 Å². The normalized spacial score (nSPS) is 23.6. The lowest BCUT2D eigenvalue weighted by molar-refractivity contribution is -0.128. The van der Waals surface area contributed by atoms with Gasteiger partial charge in [0.25, 0.3) is 0 Å². The van der Waals surface area contributed by atoms with Gasteiger partial charge in [-0.3, -0.25) is 4.79 Å². The predicted octanol–water partition coefficient (Wildman–Crippen LogP) is -0.558. The second-order valence-corrected chi connectivity index (χ2v) is 6.11. The molecule has 1 aliphatic heterocycles. The summed E-state index contributed by atoms with van der Waals surface area (Å²) >= 11 is 0. The monoisotopic (exact) mass is 274 g/mol. The van der Waals surface area contributed by atoms with E-state index in [2.05, 4.69) is 5.32 Å². The molecule has 1 saturated heterocycles. The van der Waals surface area contributed by atoms with Crippen LogP contribution in [-0.2, 0) is 14.6 Å². The Morgan fingerprint density at radius 3 is 2.47 bits per heavy atom. The highest BCUT2D eigenvalue weighted by atomic mass is 32.2. The van der Waals surface area contributed by atoms with E-state index < -0.39 is 41.1 Å². The summed E-state index contributed by atoms with van der Waals surface area (Å²) in [6.07, 6.45) is -4.05. The fraction of sp³-hybridized carbons (Fsp3) is 0.875. The third kappa shape index (κ3) is 5.87. The molecule has 0 aliphatic carbocycles. The van der Waals surface area contributed by atoms with Gasteiger partial charge in [0.1, 0.15) is 0 Å². The van der Waals surface area contributed by atoms with Gasteiger partial charge in [-0.1, -0.05) is 0 Å². The van der Waals surface area contributed by atoms with Crippen LogP contribution in [0.15, 0.2) is 0 Å². The number of alkyl halides is 3. The van der Waals surface area contributed by atoms with Crippen molar-refractivity contribution < 1.29 is 26.4 Å². The summed E-state index contributed by atoms with van der Waals surface area (Å²) in [4.78, 5) is 11.2. The Bertz CT molecular complexity index is 380. The van der Waals surface area contributed by atoms with Crippen LogP contribution in [0.3, 0.4) is 0 Å². The van der Waals surface area contributed by atoms with Gasteiger partial charge in [0.05, 0.1) is 24.6 Å². The lowest BCUT2D eigenvalue weighted by Crippen LogP contribution is -2.42. The number of carbonyl (C=O) groups is 1. The summed E-state index contributed by atoms with van der Waals surface area (Å²) in [6, 6.07) is -0.486. The fourth-order valence-electron chi connectivity index (χ4n) is 1.51. The highest BCUT2D eigenvalue weighted by Crippen LogP contribution is 2.12. The van der Waals surface area contributed by atoms with Gasteiger partial charge in [-0.2, -0.15) is 13.2 Å². The van der Waals surface area contributed by atoms with Crippen LogP contribution in [0.4, 0.5) is 13.2 Å². The zero-order valence-corrected chi connectivity index (χ0v) is 9.70. The molecule has 1 amide bonds. The molecule has 0 aromatic carbocycles. The first kappa shape index (κ1) is 14.2. The number of hydrogen-bond donors (Lipinski definition) is 2. The highest BCUT2D eigenvalue weighted by Gasteiger charge is 2.29. The molecule has 0 saturated carbocycles. The maximum Gasteiger partial charge on any atom is 0.401 e. The van der Waals surface area contributed by atoms with Gasteiger partial charge in [-0.05, 0) is 6.42 Å². The quantitative estimate of drug-likeness (QED) is 0.721. The van der Waals surface area contributed by atoms with Crippen LogP contribution in [-0.4, -0.2) is 51.1 Å². The lowest BCUT2D eigenvalue weighted by Gasteiger charge is -2.12. The number of amides is 1. The van der Waals surface area contributed by atoms with Crippen LogP contribution in [0.2, 0.25) is 0 Å². The molecule has 1 atom stereocenters. The zero-order valence-electron chi connectivity index (χ0n) is 8.88. The van der Waals surface area contributed by atoms with E-state index in [1.807, 2.05) is 5.32 Å². The highest BCUT2D eigenvalue weighted by molar-refractivity contribution is 7.91. The Kier molecular flexibility index (Phi) is 4.36. The van der Waals surface area contributed by atoms with Crippen LogP contribution < -0.4 is 10.6 Å². The maximum absolute atomic E-state index is 11.7. The Balaban J connectivity index is 2.22. The third-order valence-electron chi connectivity index (χ3n) is 2.21. The molecule has 0 radical (unpaired) electrons. The van der Waals surface area contributed by atoms with Gasteiger partial charge < -0.3 is 10.6 Å². The van der Waals surface area contributed by atoms with Crippen molar-refractivity contribution in [3.05, 3.63) is 0 Å². The molecule has 5 nitrogen and oxygen atoms in total. The van der Waals surface area contributed by atoms with Gasteiger partial charge in [0, 0.05) is 6.04 Å². The fourth-order valence-corrected chi connectivity index (χ4v) is 3.18. The van der Waals surface area contributed by atoms with Gasteiger partial charge in [-0.15, -0.1) is 0 Å². The molecule has 17 heavy (non-hydrogen) atoms. The Labute approximate surface area is 96.7 Å². The maximum atomic E-state index is 11.7. The molecule has 1 rings (SSSR count). The summed E-state index contributed by atoms with van der Waals surface area (Å²) in [6.45, 7) is -1.72. The SMILES string of the molecule is O=C(CNCC(F)(F)F)NC1CCS(=O)(=O)C1. The summed E-state index contributed by atoms with van der Waals surface area (Å²) in [5, 5.41) is 4.31. The van der Waals surface area contributed by atoms with Crippen molar-refractivity contribution >= 4 is 15.7 Å². The predicted molar refractivity (Wildman–Crippen MR) is 54.1 cm³/mol. The van der Waals surface area contributed by atoms with E-state index in [0.29, 0.717) is 6.42 Å². The van der Waals surface area contributed by atoms with Gasteiger partial charge in [0.15, 0.2) is 9.84 Å². The zero-order chi connectivity index (χ0) is 13.1. The van der Waals surface area contributed by atoms with E-state index in [4.69, 9.17) is 0 Å². The number of halogens is 3. The van der Waals surface area contributed by atoms with E-state index >= 15 is 0 Å². The average Bonchev–Trinajstić information content (AvgIpc) is 2.42. The molecular weight excluding hydrogens is 261 g/mol. The topological polar surface area (TPSA) is 75.3 Å². The van der Waals surface area contributed by atoms with Crippen LogP contribution in [0.25, 0.3) is 0 Å². The number of nitrogens with one attached hydrogen (secondary N) is 2. The van der Waals surface area contributed by atoms with Crippen molar-refractivity contribution in [2.75, 3.05) is 24.6 Å². The van der Waals surface area contributed by atoms with Gasteiger partial charge in [0.2, 0.25) is 5.91 Å². The molecular formula is C8H13F3N2O3S. The summed E-state index contributed by atoms with van der Waals surface area (Å²) in [5.41, 5.74) is 0. The lowest BCUT2D eigenvalue weighted by atomic mass is 10.2. The second-order valence-electron chi connectivity index (χ2n) is 3.89. The van der Waals surface area contributed by atoms with Crippen molar-refractivity contribution in [2.24, 2.45) is 0 Å². The summed E-state index contributed by atoms with van der Waals surface area (Å²) in [5.74, 6) is -0.761. The number of rotatable bonds is 4. The van der Waals surface area contributed by atoms with Crippen molar-refractivity contribution in [3.8, 4) is 0 Å². The molecule has 1 unspecified atom stereocenters. The van der Waals surface area contributed by atoms with Crippen molar-refractivity contribution in [1.82, 2.24) is 10.6 Å². The largest absolute Gasteiger partial charge is 0.401 e. The Morgan fingerprint density at radius 1 is 1.35 bits per heavy atom. The van der Waals surface area contributed by atoms with Gasteiger partial charge >= 0.3 is 6.18 Å². The van der Waals surface area contributed by atoms with Crippen molar-refractivity contribution in [3.63, 3.8) is 0 Å². The summed E-state index contributed by atoms with van der Waals surface area (Å²) in [7, 11) is -3.10. The Hall–Kier alpha value is -0.830. The Morgan fingerprint density at radius 2 is 2.00 bits per heavy atom. The van der Waals surface area contributed by atoms with E-state index in [9.17, 15) is 26.4 Å². The molecule has 1 heterocycles. The van der Waals surface area contributed by atoms with Crippen LogP contribution in [0.1, 0.15) is 6.42 Å². The minimum Gasteiger partial charge on any atom is -0.351 e. The average molecular weight is 274 g/mol. The molecule has 0 aromatic heterocycles. The second kappa shape index (κ2) is 5.21. The van der Waals surface area contributed by atoms with Crippen molar-refractivity contribution in [1.29, 1.82) is 0 Å². The number of hydrogen-bond acceptors (Lipinski definition) is 4.